The van der Waals surface area contributed by atoms with Crippen molar-refractivity contribution < 1.29 is 9.53 Å². The van der Waals surface area contributed by atoms with E-state index in [0.717, 1.165) is 53.5 Å². The van der Waals surface area contributed by atoms with Crippen LogP contribution in [0.2, 0.25) is 0 Å². The smallest absolute Gasteiger partial charge is 0.237 e. The van der Waals surface area contributed by atoms with E-state index in [0.29, 0.717) is 31.1 Å². The fourth-order valence-corrected chi connectivity index (χ4v) is 7.48. The van der Waals surface area contributed by atoms with Crippen LogP contribution in [0, 0.1) is 12.5 Å². The van der Waals surface area contributed by atoms with E-state index in [4.69, 9.17) is 11.3 Å². The molecule has 1 unspecified atom stereocenters. The standard InChI is InChI=1S/C34H37N7O2/c1-4-22-11-8-12-25-26-14-16-43-34(5-2,32(26)39-31(22)25)17-29(42)40-15-13-27-30(36-21-37-33(27)40)24-18-38-41(20-24)28(19-35-3)23-9-6-7-10-23/h8,11-13,15,18,20-21,23,28,39H,4-7,9-10,14,16-17,19H2,1-2H3/t28-,34?/m1/s1. The van der Waals surface area contributed by atoms with Crippen LogP contribution in [-0.4, -0.2) is 48.4 Å². The van der Waals surface area contributed by atoms with Gasteiger partial charge in [0, 0.05) is 34.2 Å². The summed E-state index contributed by atoms with van der Waals surface area (Å²) in [5.74, 6) is 0.406. The Morgan fingerprint density at radius 3 is 2.86 bits per heavy atom. The molecule has 43 heavy (non-hydrogen) atoms. The maximum atomic E-state index is 14.0. The van der Waals surface area contributed by atoms with E-state index in [1.807, 2.05) is 23.1 Å². The van der Waals surface area contributed by atoms with E-state index in [9.17, 15) is 4.79 Å². The van der Waals surface area contributed by atoms with Gasteiger partial charge in [0.1, 0.15) is 18.0 Å². The first kappa shape index (κ1) is 27.5. The summed E-state index contributed by atoms with van der Waals surface area (Å²) in [6.45, 7) is 12.8. The molecule has 1 aliphatic carbocycles. The van der Waals surface area contributed by atoms with Crippen LogP contribution in [0.4, 0.5) is 0 Å². The molecule has 4 aromatic heterocycles. The van der Waals surface area contributed by atoms with Gasteiger partial charge >= 0.3 is 0 Å². The Morgan fingerprint density at radius 1 is 1.21 bits per heavy atom. The number of nitrogens with one attached hydrogen (secondary N) is 1. The first-order valence-corrected chi connectivity index (χ1v) is 15.6. The van der Waals surface area contributed by atoms with Crippen LogP contribution >= 0.6 is 0 Å². The van der Waals surface area contributed by atoms with E-state index in [2.05, 4.69) is 56.9 Å². The average Bonchev–Trinajstić information content (AvgIpc) is 3.85. The molecular formula is C34H37N7O2. The van der Waals surface area contributed by atoms with Crippen molar-refractivity contribution in [3.05, 3.63) is 77.4 Å². The number of fused-ring (bicyclic) bond motifs is 4. The van der Waals surface area contributed by atoms with Gasteiger partial charge in [0.05, 0.1) is 30.6 Å². The number of para-hydroxylation sites is 1. The lowest BCUT2D eigenvalue weighted by molar-refractivity contribution is -0.0667. The second kappa shape index (κ2) is 11.1. The SMILES string of the molecule is [C-]#[N+]C[C@H](C1CCCC1)n1cc(-c2ncnc3c2ccn3C(=O)CC2(CC)OCCc3c2[nH]c2c(CC)cccc32)cn1. The Bertz CT molecular complexity index is 1850. The summed E-state index contributed by atoms with van der Waals surface area (Å²) in [5.41, 5.74) is 6.15. The molecule has 0 spiro atoms. The van der Waals surface area contributed by atoms with Gasteiger partial charge < -0.3 is 14.6 Å². The zero-order valence-corrected chi connectivity index (χ0v) is 24.8. The molecule has 9 nitrogen and oxygen atoms in total. The Morgan fingerprint density at radius 2 is 2.07 bits per heavy atom. The molecule has 9 heteroatoms. The third-order valence-electron chi connectivity index (χ3n) is 9.79. The van der Waals surface area contributed by atoms with Crippen molar-refractivity contribution in [1.82, 2.24) is 29.3 Å². The van der Waals surface area contributed by atoms with E-state index >= 15 is 0 Å². The van der Waals surface area contributed by atoms with Gasteiger partial charge in [0.15, 0.2) is 5.65 Å². The minimum atomic E-state index is -0.736. The second-order valence-electron chi connectivity index (χ2n) is 12.0. The molecule has 5 aromatic rings. The Kier molecular flexibility index (Phi) is 7.10. The van der Waals surface area contributed by atoms with Gasteiger partial charge in [-0.3, -0.25) is 14.0 Å². The lowest BCUT2D eigenvalue weighted by Gasteiger charge is -2.36. The Hall–Kier alpha value is -4.29. The predicted molar refractivity (Wildman–Crippen MR) is 166 cm³/mol. The number of rotatable bonds is 8. The predicted octanol–water partition coefficient (Wildman–Crippen LogP) is 6.90. The lowest BCUT2D eigenvalue weighted by atomic mass is 9.86. The molecule has 0 amide bonds. The summed E-state index contributed by atoms with van der Waals surface area (Å²) in [4.78, 5) is 30.6. The van der Waals surface area contributed by atoms with Crippen LogP contribution in [0.3, 0.4) is 0 Å². The molecule has 0 saturated heterocycles. The molecule has 2 aliphatic rings. The van der Waals surface area contributed by atoms with Crippen LogP contribution in [-0.2, 0) is 23.2 Å². The van der Waals surface area contributed by atoms with E-state index < -0.39 is 5.60 Å². The van der Waals surface area contributed by atoms with Crippen LogP contribution in [0.15, 0.2) is 49.2 Å². The largest absolute Gasteiger partial charge is 0.368 e. The number of hydrogen-bond donors (Lipinski definition) is 1. The maximum absolute atomic E-state index is 14.0. The number of nitrogens with zero attached hydrogens (tertiary/aromatic N) is 6. The lowest BCUT2D eigenvalue weighted by Crippen LogP contribution is -2.38. The Labute approximate surface area is 251 Å². The average molecular weight is 576 g/mol. The van der Waals surface area contributed by atoms with Crippen molar-refractivity contribution in [2.45, 2.75) is 76.9 Å². The highest BCUT2D eigenvalue weighted by Gasteiger charge is 2.41. The van der Waals surface area contributed by atoms with Gasteiger partial charge in [-0.15, -0.1) is 0 Å². The minimum Gasteiger partial charge on any atom is -0.368 e. The molecule has 1 saturated carbocycles. The summed E-state index contributed by atoms with van der Waals surface area (Å²) >= 11 is 0. The molecule has 1 N–H and O–H groups in total. The topological polar surface area (TPSA) is 95.0 Å². The van der Waals surface area contributed by atoms with Gasteiger partial charge in [-0.1, -0.05) is 44.9 Å². The minimum absolute atomic E-state index is 0.0703. The van der Waals surface area contributed by atoms with Crippen molar-refractivity contribution in [3.63, 3.8) is 0 Å². The fourth-order valence-electron chi connectivity index (χ4n) is 7.48. The summed E-state index contributed by atoms with van der Waals surface area (Å²) in [6.07, 6.45) is 14.5. The van der Waals surface area contributed by atoms with Gasteiger partial charge in [-0.2, -0.15) is 5.10 Å². The summed E-state index contributed by atoms with van der Waals surface area (Å²) in [6, 6.07) is 8.44. The highest BCUT2D eigenvalue weighted by Crippen LogP contribution is 2.43. The van der Waals surface area contributed by atoms with Crippen molar-refractivity contribution in [2.75, 3.05) is 13.2 Å². The maximum Gasteiger partial charge on any atom is 0.237 e. The first-order valence-electron chi connectivity index (χ1n) is 15.6. The molecule has 1 fully saturated rings. The van der Waals surface area contributed by atoms with E-state index in [1.165, 1.54) is 35.7 Å². The molecule has 220 valence electrons. The van der Waals surface area contributed by atoms with Gasteiger partial charge in [-0.25, -0.2) is 16.5 Å². The van der Waals surface area contributed by atoms with Crippen molar-refractivity contribution >= 4 is 27.8 Å². The number of aromatic nitrogens is 6. The summed E-state index contributed by atoms with van der Waals surface area (Å²) in [7, 11) is 0. The molecule has 0 radical (unpaired) electrons. The number of benzene rings is 1. The van der Waals surface area contributed by atoms with Crippen molar-refractivity contribution in [3.8, 4) is 11.3 Å². The third-order valence-corrected chi connectivity index (χ3v) is 9.79. The quantitative estimate of drug-likeness (QED) is 0.203. The molecule has 5 heterocycles. The van der Waals surface area contributed by atoms with E-state index in [-0.39, 0.29) is 18.4 Å². The molecule has 2 atom stereocenters. The van der Waals surface area contributed by atoms with E-state index in [1.54, 1.807) is 10.8 Å². The van der Waals surface area contributed by atoms with Crippen LogP contribution in [0.5, 0.6) is 0 Å². The summed E-state index contributed by atoms with van der Waals surface area (Å²) < 4.78 is 10.1. The zero-order valence-electron chi connectivity index (χ0n) is 24.8. The highest BCUT2D eigenvalue weighted by atomic mass is 16.5. The van der Waals surface area contributed by atoms with Crippen molar-refractivity contribution in [2.24, 2.45) is 5.92 Å². The number of aryl methyl sites for hydroxylation is 1. The zero-order chi connectivity index (χ0) is 29.6. The molecule has 0 bridgehead atoms. The highest BCUT2D eigenvalue weighted by molar-refractivity contribution is 5.97. The molecule has 7 rings (SSSR count). The number of hydrogen-bond acceptors (Lipinski definition) is 5. The van der Waals surface area contributed by atoms with Gasteiger partial charge in [0.25, 0.3) is 0 Å². The van der Waals surface area contributed by atoms with Crippen LogP contribution in [0.25, 0.3) is 38.0 Å². The molecule has 1 aliphatic heterocycles. The van der Waals surface area contributed by atoms with Crippen LogP contribution in [0.1, 0.15) is 80.0 Å². The van der Waals surface area contributed by atoms with Crippen LogP contribution < -0.4 is 0 Å². The second-order valence-corrected chi connectivity index (χ2v) is 12.0. The Balaban J connectivity index is 1.21. The third kappa shape index (κ3) is 4.56. The fraction of sp³-hybridized carbons (Fsp3) is 0.441. The summed E-state index contributed by atoms with van der Waals surface area (Å²) in [5, 5.41) is 6.71. The molecule has 1 aromatic carbocycles. The normalized spacial score (nSPS) is 19.6. The monoisotopic (exact) mass is 575 g/mol. The first-order chi connectivity index (χ1) is 21.1. The molecular weight excluding hydrogens is 538 g/mol. The number of ether oxygens (including phenoxy) is 1. The number of carbonyl (C=O) groups is 1. The number of H-pyrrole nitrogens is 1. The number of carbonyl (C=O) groups excluding carboxylic acids is 1. The number of aromatic amines is 1. The van der Waals surface area contributed by atoms with Crippen molar-refractivity contribution in [1.29, 1.82) is 0 Å². The van der Waals surface area contributed by atoms with Gasteiger partial charge in [0.2, 0.25) is 12.5 Å². The van der Waals surface area contributed by atoms with Gasteiger partial charge in [-0.05, 0) is 55.2 Å².